The normalized spacial score (nSPS) is 14.2. The van der Waals surface area contributed by atoms with E-state index in [-0.39, 0.29) is 6.54 Å². The monoisotopic (exact) mass is 537 g/mol. The van der Waals surface area contributed by atoms with Crippen molar-refractivity contribution < 1.29 is 23.1 Å². The zero-order valence-corrected chi connectivity index (χ0v) is 23.9. The van der Waals surface area contributed by atoms with Gasteiger partial charge in [-0.2, -0.15) is 0 Å². The minimum absolute atomic E-state index is 0.0639. The maximum Gasteiger partial charge on any atom is 0.337 e. The minimum Gasteiger partial charge on any atom is -0.479 e. The molecule has 8 nitrogen and oxygen atoms in total. The summed E-state index contributed by atoms with van der Waals surface area (Å²) in [6.07, 6.45) is 1.49. The fourth-order valence-corrected chi connectivity index (χ4v) is 6.33. The summed E-state index contributed by atoms with van der Waals surface area (Å²) in [6, 6.07) is 7.71. The van der Waals surface area contributed by atoms with E-state index >= 15 is 0 Å². The molecule has 1 aromatic heterocycles. The number of sulfonamides is 1. The number of aromatic nitrogens is 1. The number of aryl methyl sites for hydroxylation is 2. The molecule has 4 rings (SSSR count). The Morgan fingerprint density at radius 1 is 1.08 bits per heavy atom. The van der Waals surface area contributed by atoms with Crippen LogP contribution in [0.5, 0.6) is 0 Å². The van der Waals surface area contributed by atoms with Gasteiger partial charge in [-0.15, -0.1) is 0 Å². The van der Waals surface area contributed by atoms with Gasteiger partial charge in [0.1, 0.15) is 5.82 Å². The van der Waals surface area contributed by atoms with Crippen LogP contribution in [0.25, 0.3) is 22.3 Å². The number of nitrogens with zero attached hydrogens (tertiary/aromatic N) is 2. The molecule has 1 aliphatic heterocycles. The predicted molar refractivity (Wildman–Crippen MR) is 151 cm³/mol. The molecule has 0 unspecified atom stereocenters. The number of hydrogen-bond acceptors (Lipinski definition) is 6. The van der Waals surface area contributed by atoms with Crippen molar-refractivity contribution in [3.63, 3.8) is 0 Å². The van der Waals surface area contributed by atoms with Gasteiger partial charge >= 0.3 is 5.97 Å². The maximum absolute atomic E-state index is 13.1. The summed E-state index contributed by atoms with van der Waals surface area (Å²) in [5, 5.41) is 10.4. The van der Waals surface area contributed by atoms with Gasteiger partial charge in [-0.25, -0.2) is 18.2 Å². The van der Waals surface area contributed by atoms with Crippen molar-refractivity contribution in [2.75, 3.05) is 16.3 Å². The van der Waals surface area contributed by atoms with Gasteiger partial charge in [-0.05, 0) is 87.9 Å². The van der Waals surface area contributed by atoms with Crippen molar-refractivity contribution in [2.24, 2.45) is 0 Å². The number of ether oxygens (including phenoxy) is 1. The Bertz CT molecular complexity index is 1570. The molecule has 2 aromatic carbocycles. The van der Waals surface area contributed by atoms with Gasteiger partial charge < -0.3 is 15.6 Å². The Morgan fingerprint density at radius 2 is 1.74 bits per heavy atom. The quantitative estimate of drug-likeness (QED) is 0.443. The van der Waals surface area contributed by atoms with E-state index in [0.29, 0.717) is 33.8 Å². The predicted octanol–water partition coefficient (Wildman–Crippen LogP) is 5.45. The fourth-order valence-electron chi connectivity index (χ4n) is 5.39. The highest BCUT2D eigenvalue weighted by Crippen LogP contribution is 2.51. The van der Waals surface area contributed by atoms with Crippen molar-refractivity contribution >= 4 is 27.5 Å². The average molecular weight is 538 g/mol. The molecule has 0 radical (unpaired) electrons. The van der Waals surface area contributed by atoms with Gasteiger partial charge in [0.25, 0.3) is 0 Å². The number of rotatable bonds is 5. The van der Waals surface area contributed by atoms with E-state index in [1.54, 1.807) is 40.0 Å². The summed E-state index contributed by atoms with van der Waals surface area (Å²) in [4.78, 5) is 17.1. The number of carboxylic acids is 1. The van der Waals surface area contributed by atoms with Crippen LogP contribution in [-0.2, 0) is 26.1 Å². The van der Waals surface area contributed by atoms with E-state index in [2.05, 4.69) is 4.98 Å². The highest BCUT2D eigenvalue weighted by Gasteiger charge is 2.38. The van der Waals surface area contributed by atoms with Gasteiger partial charge in [0.2, 0.25) is 10.0 Å². The van der Waals surface area contributed by atoms with E-state index in [4.69, 9.17) is 10.5 Å². The Kier molecular flexibility index (Phi) is 6.82. The summed E-state index contributed by atoms with van der Waals surface area (Å²) in [5.74, 6) is -0.851. The average Bonchev–Trinajstić information content (AvgIpc) is 2.78. The Balaban J connectivity index is 2.24. The van der Waals surface area contributed by atoms with Gasteiger partial charge in [0, 0.05) is 22.9 Å². The molecule has 1 atom stereocenters. The lowest BCUT2D eigenvalue weighted by Crippen LogP contribution is -2.35. The smallest absolute Gasteiger partial charge is 0.337 e. The molecule has 0 saturated heterocycles. The zero-order valence-electron chi connectivity index (χ0n) is 23.1. The van der Waals surface area contributed by atoms with Crippen LogP contribution in [0.1, 0.15) is 60.3 Å². The van der Waals surface area contributed by atoms with Gasteiger partial charge in [-0.1, -0.05) is 23.8 Å². The van der Waals surface area contributed by atoms with E-state index in [1.807, 2.05) is 39.0 Å². The van der Waals surface area contributed by atoms with Gasteiger partial charge in [-0.3, -0.25) is 4.31 Å². The molecule has 1 aliphatic rings. The number of nitrogen functional groups attached to an aromatic ring is 1. The van der Waals surface area contributed by atoms with E-state index in [9.17, 15) is 18.3 Å². The molecule has 3 aromatic rings. The fraction of sp³-hybridized carbons (Fsp3) is 0.379. The van der Waals surface area contributed by atoms with Crippen LogP contribution in [0.15, 0.2) is 30.5 Å². The first-order valence-corrected chi connectivity index (χ1v) is 14.2. The molecule has 9 heteroatoms. The summed E-state index contributed by atoms with van der Waals surface area (Å²) >= 11 is 0. The van der Waals surface area contributed by atoms with E-state index < -0.39 is 27.7 Å². The molecule has 0 fully saturated rings. The van der Waals surface area contributed by atoms with Crippen LogP contribution >= 0.6 is 0 Å². The number of carboxylic acid groups (broad SMARTS) is 1. The first kappa shape index (κ1) is 27.6. The summed E-state index contributed by atoms with van der Waals surface area (Å²) < 4.78 is 33.7. The van der Waals surface area contributed by atoms with Crippen LogP contribution in [0.3, 0.4) is 0 Å². The molecule has 0 spiro atoms. The molecule has 0 saturated carbocycles. The van der Waals surface area contributed by atoms with Crippen LogP contribution in [0, 0.1) is 27.7 Å². The topological polar surface area (TPSA) is 123 Å². The second-order valence-corrected chi connectivity index (χ2v) is 13.0. The Labute approximate surface area is 224 Å². The molecular formula is C29H35N3O5S. The number of benzene rings is 2. The standard InChI is InChI=1S/C29H35N3O5S/c1-15-9-10-20(16(2)11-15)23-17(3)24-21-13-31-22(30)12-19(21)14-32(38(8,35)36)26(24)18(4)25(23)27(28(33)34)37-29(5,6)7/h9-13,27H,14H2,1-8H3,(H2,30,31)(H,33,34)/t27-/m0/s1. The lowest BCUT2D eigenvalue weighted by molar-refractivity contribution is -0.160. The van der Waals surface area contributed by atoms with Crippen molar-refractivity contribution in [1.29, 1.82) is 0 Å². The van der Waals surface area contributed by atoms with Crippen LogP contribution in [0.4, 0.5) is 11.5 Å². The van der Waals surface area contributed by atoms with Crippen molar-refractivity contribution in [1.82, 2.24) is 4.98 Å². The number of pyridine rings is 1. The summed E-state index contributed by atoms with van der Waals surface area (Å²) in [7, 11) is -3.74. The van der Waals surface area contributed by atoms with Crippen molar-refractivity contribution in [2.45, 2.75) is 66.7 Å². The van der Waals surface area contributed by atoms with Crippen LogP contribution < -0.4 is 10.0 Å². The second kappa shape index (κ2) is 9.39. The zero-order chi connectivity index (χ0) is 28.3. The Hall–Kier alpha value is -3.43. The number of aliphatic carboxylic acids is 1. The number of nitrogens with two attached hydrogens (primary N) is 1. The number of carbonyl (C=O) groups is 1. The second-order valence-electron chi connectivity index (χ2n) is 11.1. The lowest BCUT2D eigenvalue weighted by Gasteiger charge is -2.37. The first-order valence-electron chi connectivity index (χ1n) is 12.4. The molecule has 202 valence electrons. The van der Waals surface area contributed by atoms with E-state index in [1.165, 1.54) is 4.31 Å². The summed E-state index contributed by atoms with van der Waals surface area (Å²) in [5.41, 5.74) is 13.2. The largest absolute Gasteiger partial charge is 0.479 e. The highest BCUT2D eigenvalue weighted by atomic mass is 32.2. The lowest BCUT2D eigenvalue weighted by atomic mass is 9.79. The third-order valence-electron chi connectivity index (χ3n) is 6.87. The van der Waals surface area contributed by atoms with Crippen molar-refractivity contribution in [3.8, 4) is 22.3 Å². The van der Waals surface area contributed by atoms with Gasteiger partial charge in [0.15, 0.2) is 6.10 Å². The maximum atomic E-state index is 13.1. The minimum atomic E-state index is -3.74. The third-order valence-corrected chi connectivity index (χ3v) is 7.98. The number of hydrogen-bond donors (Lipinski definition) is 2. The molecule has 0 amide bonds. The highest BCUT2D eigenvalue weighted by molar-refractivity contribution is 7.92. The summed E-state index contributed by atoms with van der Waals surface area (Å²) in [6.45, 7) is 13.1. The molecule has 2 heterocycles. The molecule has 0 bridgehead atoms. The van der Waals surface area contributed by atoms with E-state index in [0.717, 1.165) is 39.6 Å². The molecule has 3 N–H and O–H groups in total. The van der Waals surface area contributed by atoms with Crippen molar-refractivity contribution in [3.05, 3.63) is 63.8 Å². The SMILES string of the molecule is Cc1ccc(-c2c(C)c3c(c(C)c2[C@H](OC(C)(C)C)C(=O)O)N(S(C)(=O)=O)Cc2cc(N)ncc2-3)c(C)c1. The van der Waals surface area contributed by atoms with Crippen LogP contribution in [0.2, 0.25) is 0 Å². The molecule has 0 aliphatic carbocycles. The van der Waals surface area contributed by atoms with Crippen LogP contribution in [-0.4, -0.2) is 36.3 Å². The number of anilines is 2. The van der Waals surface area contributed by atoms with Gasteiger partial charge in [0.05, 0.1) is 24.1 Å². The number of fused-ring (bicyclic) bond motifs is 3. The molecular weight excluding hydrogens is 502 g/mol. The third kappa shape index (κ3) is 4.88. The first-order chi connectivity index (χ1) is 17.5. The molecule has 38 heavy (non-hydrogen) atoms. The Morgan fingerprint density at radius 3 is 2.29 bits per heavy atom.